The molecule has 0 fully saturated rings. The molecule has 0 saturated carbocycles. The summed E-state index contributed by atoms with van der Waals surface area (Å²) in [7, 11) is 0. The predicted octanol–water partition coefficient (Wildman–Crippen LogP) is 4.23. The summed E-state index contributed by atoms with van der Waals surface area (Å²) in [5.41, 5.74) is 2.54. The highest BCUT2D eigenvalue weighted by Gasteiger charge is 2.21. The first-order valence-corrected chi connectivity index (χ1v) is 8.02. The van der Waals surface area contributed by atoms with Crippen molar-refractivity contribution in [3.8, 4) is 11.4 Å². The number of aromatic hydroxyl groups is 1. The molecule has 5 heteroatoms. The van der Waals surface area contributed by atoms with Gasteiger partial charge < -0.3 is 9.67 Å². The first-order chi connectivity index (χ1) is 10.0. The zero-order chi connectivity index (χ0) is 14.7. The summed E-state index contributed by atoms with van der Waals surface area (Å²) in [5.74, 6) is 0.125. The van der Waals surface area contributed by atoms with E-state index in [0.29, 0.717) is 10.9 Å². The van der Waals surface area contributed by atoms with Crippen molar-refractivity contribution in [1.82, 2.24) is 4.57 Å². The van der Waals surface area contributed by atoms with Crippen LogP contribution in [-0.4, -0.2) is 9.67 Å². The molecule has 2 aromatic carbocycles. The van der Waals surface area contributed by atoms with Crippen LogP contribution in [0, 0.1) is 6.92 Å². The van der Waals surface area contributed by atoms with Gasteiger partial charge in [0, 0.05) is 26.0 Å². The molecule has 0 atom stereocenters. The van der Waals surface area contributed by atoms with E-state index in [9.17, 15) is 9.90 Å². The van der Waals surface area contributed by atoms with Crippen LogP contribution in [0.3, 0.4) is 0 Å². The van der Waals surface area contributed by atoms with Crippen molar-refractivity contribution < 1.29 is 5.11 Å². The van der Waals surface area contributed by atoms with Gasteiger partial charge in [0.2, 0.25) is 0 Å². The number of aromatic nitrogens is 1. The van der Waals surface area contributed by atoms with Gasteiger partial charge in [0.05, 0.1) is 16.6 Å². The van der Waals surface area contributed by atoms with Gasteiger partial charge >= 0.3 is 0 Å². The topological polar surface area (TPSA) is 42.2 Å². The minimum absolute atomic E-state index is 0.0301. The number of aryl methyl sites for hydroxylation is 1. The second-order valence-electron chi connectivity index (χ2n) is 5.07. The monoisotopic (exact) mass is 359 g/mol. The van der Waals surface area contributed by atoms with E-state index in [2.05, 4.69) is 15.9 Å². The van der Waals surface area contributed by atoms with Gasteiger partial charge in [-0.2, -0.15) is 0 Å². The van der Waals surface area contributed by atoms with Crippen LogP contribution in [0.25, 0.3) is 16.6 Å². The number of nitrogens with zero attached hydrogens (tertiary/aromatic N) is 1. The minimum atomic E-state index is -0.0301. The van der Waals surface area contributed by atoms with Crippen molar-refractivity contribution in [3.05, 3.63) is 56.8 Å². The largest absolute Gasteiger partial charge is 0.508 e. The van der Waals surface area contributed by atoms with Gasteiger partial charge in [-0.25, -0.2) is 0 Å². The van der Waals surface area contributed by atoms with E-state index in [1.807, 2.05) is 29.0 Å². The Balaban J connectivity index is 2.25. The Bertz CT molecular complexity index is 978. The second kappa shape index (κ2) is 4.39. The SMILES string of the molecule is Cc1cn2c3c(cc(O)cc3c1=O)Sc1ccc(Br)cc1-2. The maximum atomic E-state index is 12.4. The van der Waals surface area contributed by atoms with E-state index >= 15 is 0 Å². The predicted molar refractivity (Wildman–Crippen MR) is 87.8 cm³/mol. The molecule has 1 aliphatic rings. The molecule has 2 heterocycles. The van der Waals surface area contributed by atoms with Gasteiger partial charge in [-0.1, -0.05) is 27.7 Å². The normalized spacial score (nSPS) is 12.5. The van der Waals surface area contributed by atoms with E-state index in [1.54, 1.807) is 30.8 Å². The zero-order valence-electron chi connectivity index (χ0n) is 11.1. The van der Waals surface area contributed by atoms with Gasteiger partial charge in [0.15, 0.2) is 5.43 Å². The summed E-state index contributed by atoms with van der Waals surface area (Å²) in [6, 6.07) is 9.33. The van der Waals surface area contributed by atoms with Gasteiger partial charge in [-0.05, 0) is 37.3 Å². The molecule has 0 saturated heterocycles. The lowest BCUT2D eigenvalue weighted by atomic mass is 10.1. The number of benzene rings is 2. The summed E-state index contributed by atoms with van der Waals surface area (Å²) in [5, 5.41) is 10.5. The van der Waals surface area contributed by atoms with Crippen LogP contribution in [0.4, 0.5) is 0 Å². The molecule has 0 bridgehead atoms. The van der Waals surface area contributed by atoms with E-state index in [4.69, 9.17) is 0 Å². The van der Waals surface area contributed by atoms with Crippen molar-refractivity contribution in [2.45, 2.75) is 16.7 Å². The van der Waals surface area contributed by atoms with Crippen LogP contribution >= 0.6 is 27.7 Å². The fraction of sp³-hybridized carbons (Fsp3) is 0.0625. The van der Waals surface area contributed by atoms with Crippen LogP contribution in [-0.2, 0) is 0 Å². The fourth-order valence-corrected chi connectivity index (χ4v) is 4.16. The van der Waals surface area contributed by atoms with Crippen LogP contribution in [0.15, 0.2) is 55.6 Å². The smallest absolute Gasteiger partial charge is 0.192 e. The first-order valence-electron chi connectivity index (χ1n) is 6.41. The van der Waals surface area contributed by atoms with Gasteiger partial charge in [-0.3, -0.25) is 4.79 Å². The molecule has 0 aliphatic carbocycles. The van der Waals surface area contributed by atoms with Crippen LogP contribution in [0.2, 0.25) is 0 Å². The number of phenolic OH excluding ortho intramolecular Hbond substituents is 1. The Hall–Kier alpha value is -1.72. The lowest BCUT2D eigenvalue weighted by molar-refractivity contribution is 0.474. The molecule has 4 rings (SSSR count). The molecule has 0 unspecified atom stereocenters. The maximum Gasteiger partial charge on any atom is 0.192 e. The van der Waals surface area contributed by atoms with E-state index < -0.39 is 0 Å². The second-order valence-corrected chi connectivity index (χ2v) is 7.06. The highest BCUT2D eigenvalue weighted by Crippen LogP contribution is 2.44. The van der Waals surface area contributed by atoms with Crippen molar-refractivity contribution in [3.63, 3.8) is 0 Å². The van der Waals surface area contributed by atoms with Crippen molar-refractivity contribution in [1.29, 1.82) is 0 Å². The molecule has 21 heavy (non-hydrogen) atoms. The average molecular weight is 360 g/mol. The molecule has 1 aliphatic heterocycles. The highest BCUT2D eigenvalue weighted by molar-refractivity contribution is 9.10. The number of phenols is 1. The minimum Gasteiger partial charge on any atom is -0.508 e. The molecule has 0 radical (unpaired) electrons. The third kappa shape index (κ3) is 1.84. The summed E-state index contributed by atoms with van der Waals surface area (Å²) < 4.78 is 3.03. The Morgan fingerprint density at radius 3 is 2.81 bits per heavy atom. The lowest BCUT2D eigenvalue weighted by Crippen LogP contribution is -2.14. The number of fused-ring (bicyclic) bond motifs is 2. The molecule has 1 aromatic heterocycles. The molecule has 104 valence electrons. The van der Waals surface area contributed by atoms with Crippen molar-refractivity contribution in [2.24, 2.45) is 0 Å². The Morgan fingerprint density at radius 1 is 1.19 bits per heavy atom. The molecule has 3 nitrogen and oxygen atoms in total. The van der Waals surface area contributed by atoms with Gasteiger partial charge in [0.25, 0.3) is 0 Å². The van der Waals surface area contributed by atoms with Crippen LogP contribution in [0.5, 0.6) is 5.75 Å². The molecular weight excluding hydrogens is 350 g/mol. The van der Waals surface area contributed by atoms with Crippen LogP contribution in [0.1, 0.15) is 5.56 Å². The van der Waals surface area contributed by atoms with E-state index in [0.717, 1.165) is 25.5 Å². The third-order valence-electron chi connectivity index (χ3n) is 3.63. The van der Waals surface area contributed by atoms with Crippen molar-refractivity contribution >= 4 is 38.6 Å². The Morgan fingerprint density at radius 2 is 2.00 bits per heavy atom. The standard InChI is InChI=1S/C16H10BrNO2S/c1-8-7-18-12-4-9(17)2-3-13(12)21-14-6-10(19)5-11(15(14)18)16(8)20/h2-7,19H,1H3. The van der Waals surface area contributed by atoms with E-state index in [1.165, 1.54) is 0 Å². The summed E-state index contributed by atoms with van der Waals surface area (Å²) in [6.45, 7) is 1.80. The Kier molecular flexibility index (Phi) is 2.71. The molecule has 0 spiro atoms. The number of halogens is 1. The third-order valence-corrected chi connectivity index (χ3v) is 5.22. The van der Waals surface area contributed by atoms with Gasteiger partial charge in [0.1, 0.15) is 5.75 Å². The van der Waals surface area contributed by atoms with E-state index in [-0.39, 0.29) is 11.2 Å². The number of hydrogen-bond donors (Lipinski definition) is 1. The highest BCUT2D eigenvalue weighted by atomic mass is 79.9. The molecule has 1 N–H and O–H groups in total. The molecular formula is C16H10BrNO2S. The maximum absolute atomic E-state index is 12.4. The summed E-state index contributed by atoms with van der Waals surface area (Å²) in [4.78, 5) is 14.4. The number of hydrogen-bond acceptors (Lipinski definition) is 3. The summed E-state index contributed by atoms with van der Waals surface area (Å²) in [6.07, 6.45) is 1.87. The van der Waals surface area contributed by atoms with Crippen molar-refractivity contribution in [2.75, 3.05) is 0 Å². The number of rotatable bonds is 0. The zero-order valence-corrected chi connectivity index (χ0v) is 13.5. The lowest BCUT2D eigenvalue weighted by Gasteiger charge is -2.23. The van der Waals surface area contributed by atoms with Gasteiger partial charge in [-0.15, -0.1) is 0 Å². The Labute approximate surface area is 133 Å². The quantitative estimate of drug-likeness (QED) is 0.510. The van der Waals surface area contributed by atoms with Crippen LogP contribution < -0.4 is 5.43 Å². The number of pyridine rings is 1. The first kappa shape index (κ1) is 13.0. The molecule has 3 aromatic rings. The average Bonchev–Trinajstić information content (AvgIpc) is 2.44. The molecule has 0 amide bonds. The summed E-state index contributed by atoms with van der Waals surface area (Å²) >= 11 is 5.07. The fourth-order valence-electron chi connectivity index (χ4n) is 2.70.